The van der Waals surface area contributed by atoms with E-state index in [1.807, 2.05) is 0 Å². The molecule has 0 unspecified atom stereocenters. The van der Waals surface area contributed by atoms with Crippen LogP contribution in [0.3, 0.4) is 0 Å². The second-order valence-electron chi connectivity index (χ2n) is 6.33. The molecule has 2 aliphatic rings. The third-order valence-electron chi connectivity index (χ3n) is 4.56. The van der Waals surface area contributed by atoms with E-state index in [2.05, 4.69) is 26.0 Å². The molecule has 2 N–H and O–H groups in total. The Morgan fingerprint density at radius 2 is 1.89 bits per heavy atom. The normalized spacial score (nSPS) is 35.7. The lowest BCUT2D eigenvalue weighted by Crippen LogP contribution is -2.57. The van der Waals surface area contributed by atoms with Crippen LogP contribution in [-0.4, -0.2) is 21.4 Å². The Morgan fingerprint density at radius 1 is 1.22 bits per heavy atom. The summed E-state index contributed by atoms with van der Waals surface area (Å²) in [5.41, 5.74) is 0.951. The highest BCUT2D eigenvalue weighted by molar-refractivity contribution is 5.21. The van der Waals surface area contributed by atoms with Crippen LogP contribution in [0.15, 0.2) is 23.3 Å². The second-order valence-corrected chi connectivity index (χ2v) is 6.33. The highest BCUT2D eigenvalue weighted by Crippen LogP contribution is 2.47. The van der Waals surface area contributed by atoms with E-state index in [1.165, 1.54) is 11.1 Å². The standard InChI is InChI=1S/C16H26O2/c1-13(2)6-5-7-14-8-11-15(17)9-3-4-10-16(15,18)12-14/h6,8,17-18H,3-5,7,9-12H2,1-2H3/t15-,16+/m0/s1. The molecule has 0 amide bonds. The molecule has 1 fully saturated rings. The highest BCUT2D eigenvalue weighted by Gasteiger charge is 2.51. The molecule has 0 aliphatic heterocycles. The average molecular weight is 250 g/mol. The lowest BCUT2D eigenvalue weighted by Gasteiger charge is -2.49. The van der Waals surface area contributed by atoms with E-state index in [0.717, 1.165) is 38.5 Å². The summed E-state index contributed by atoms with van der Waals surface area (Å²) in [6.45, 7) is 4.23. The van der Waals surface area contributed by atoms with Gasteiger partial charge in [-0.15, -0.1) is 0 Å². The molecule has 0 saturated heterocycles. The number of hydrogen-bond donors (Lipinski definition) is 2. The molecule has 0 radical (unpaired) electrons. The van der Waals surface area contributed by atoms with Crippen LogP contribution >= 0.6 is 0 Å². The first-order valence-corrected chi connectivity index (χ1v) is 7.21. The number of allylic oxidation sites excluding steroid dienone is 2. The minimum atomic E-state index is -0.861. The van der Waals surface area contributed by atoms with Gasteiger partial charge in [-0.2, -0.15) is 0 Å². The smallest absolute Gasteiger partial charge is 0.0973 e. The second kappa shape index (κ2) is 5.18. The van der Waals surface area contributed by atoms with E-state index in [0.29, 0.717) is 12.8 Å². The van der Waals surface area contributed by atoms with Gasteiger partial charge < -0.3 is 10.2 Å². The van der Waals surface area contributed by atoms with Gasteiger partial charge in [-0.1, -0.05) is 36.1 Å². The SMILES string of the molecule is CC(C)=CCCC1=CC[C@@]2(O)CCCC[C@@]2(O)C1. The van der Waals surface area contributed by atoms with Crippen molar-refractivity contribution in [3.63, 3.8) is 0 Å². The van der Waals surface area contributed by atoms with Gasteiger partial charge in [-0.25, -0.2) is 0 Å². The summed E-state index contributed by atoms with van der Waals surface area (Å²) in [6.07, 6.45) is 11.4. The van der Waals surface area contributed by atoms with Crippen LogP contribution in [0, 0.1) is 0 Å². The third-order valence-corrected chi connectivity index (χ3v) is 4.56. The molecule has 0 spiro atoms. The molecule has 2 heteroatoms. The van der Waals surface area contributed by atoms with Crippen molar-refractivity contribution in [2.75, 3.05) is 0 Å². The zero-order chi connectivity index (χ0) is 13.2. The van der Waals surface area contributed by atoms with Crippen molar-refractivity contribution in [2.24, 2.45) is 0 Å². The van der Waals surface area contributed by atoms with E-state index in [-0.39, 0.29) is 0 Å². The van der Waals surface area contributed by atoms with E-state index in [1.54, 1.807) is 0 Å². The minimum Gasteiger partial charge on any atom is -0.387 e. The van der Waals surface area contributed by atoms with Gasteiger partial charge in [0.2, 0.25) is 0 Å². The fraction of sp³-hybridized carbons (Fsp3) is 0.750. The molecule has 2 rings (SSSR count). The van der Waals surface area contributed by atoms with Gasteiger partial charge in [0.25, 0.3) is 0 Å². The summed E-state index contributed by atoms with van der Waals surface area (Å²) in [5.74, 6) is 0. The van der Waals surface area contributed by atoms with Gasteiger partial charge in [0.1, 0.15) is 0 Å². The maximum atomic E-state index is 10.7. The lowest BCUT2D eigenvalue weighted by molar-refractivity contribution is -0.177. The van der Waals surface area contributed by atoms with Crippen LogP contribution < -0.4 is 0 Å². The molecule has 2 aliphatic carbocycles. The molecule has 1 saturated carbocycles. The van der Waals surface area contributed by atoms with Gasteiger partial charge in [0.15, 0.2) is 0 Å². The highest BCUT2D eigenvalue weighted by atomic mass is 16.4. The first kappa shape index (κ1) is 13.8. The van der Waals surface area contributed by atoms with Gasteiger partial charge in [-0.3, -0.25) is 0 Å². The molecular weight excluding hydrogens is 224 g/mol. The number of hydrogen-bond acceptors (Lipinski definition) is 2. The minimum absolute atomic E-state index is 0.633. The van der Waals surface area contributed by atoms with Crippen LogP contribution in [0.1, 0.15) is 65.2 Å². The summed E-state index contributed by atoms with van der Waals surface area (Å²) >= 11 is 0. The molecule has 0 aromatic carbocycles. The van der Waals surface area contributed by atoms with Crippen LogP contribution in [0.25, 0.3) is 0 Å². The van der Waals surface area contributed by atoms with Crippen LogP contribution in [0.4, 0.5) is 0 Å². The lowest BCUT2D eigenvalue weighted by atomic mass is 9.64. The van der Waals surface area contributed by atoms with E-state index in [9.17, 15) is 10.2 Å². The predicted molar refractivity (Wildman–Crippen MR) is 74.3 cm³/mol. The maximum absolute atomic E-state index is 10.7. The molecule has 0 aromatic heterocycles. The molecule has 102 valence electrons. The number of rotatable bonds is 3. The maximum Gasteiger partial charge on any atom is 0.0973 e. The van der Waals surface area contributed by atoms with Crippen molar-refractivity contribution in [1.29, 1.82) is 0 Å². The average Bonchev–Trinajstić information content (AvgIpc) is 2.29. The molecule has 0 bridgehead atoms. The first-order chi connectivity index (χ1) is 8.45. The van der Waals surface area contributed by atoms with E-state index >= 15 is 0 Å². The van der Waals surface area contributed by atoms with Crippen molar-refractivity contribution in [3.05, 3.63) is 23.3 Å². The van der Waals surface area contributed by atoms with Crippen molar-refractivity contribution < 1.29 is 10.2 Å². The Balaban J connectivity index is 2.02. The molecule has 18 heavy (non-hydrogen) atoms. The van der Waals surface area contributed by atoms with E-state index < -0.39 is 11.2 Å². The number of fused-ring (bicyclic) bond motifs is 1. The van der Waals surface area contributed by atoms with Crippen molar-refractivity contribution >= 4 is 0 Å². The molecule has 0 heterocycles. The van der Waals surface area contributed by atoms with Crippen LogP contribution in [-0.2, 0) is 0 Å². The number of aliphatic hydroxyl groups is 2. The summed E-state index contributed by atoms with van der Waals surface area (Å²) in [6, 6.07) is 0. The van der Waals surface area contributed by atoms with E-state index in [4.69, 9.17) is 0 Å². The van der Waals surface area contributed by atoms with Gasteiger partial charge in [0.05, 0.1) is 11.2 Å². The van der Waals surface area contributed by atoms with Crippen molar-refractivity contribution in [3.8, 4) is 0 Å². The predicted octanol–water partition coefficient (Wildman–Crippen LogP) is 3.49. The Hall–Kier alpha value is -0.600. The monoisotopic (exact) mass is 250 g/mol. The fourth-order valence-corrected chi connectivity index (χ4v) is 3.34. The Kier molecular flexibility index (Phi) is 3.98. The summed E-state index contributed by atoms with van der Waals surface area (Å²) in [5, 5.41) is 21.3. The molecule has 2 atom stereocenters. The first-order valence-electron chi connectivity index (χ1n) is 7.21. The summed E-state index contributed by atoms with van der Waals surface area (Å²) in [4.78, 5) is 0. The van der Waals surface area contributed by atoms with Crippen molar-refractivity contribution in [1.82, 2.24) is 0 Å². The summed E-state index contributed by atoms with van der Waals surface area (Å²) < 4.78 is 0. The topological polar surface area (TPSA) is 40.5 Å². The quantitative estimate of drug-likeness (QED) is 0.753. The van der Waals surface area contributed by atoms with Crippen LogP contribution in [0.2, 0.25) is 0 Å². The largest absolute Gasteiger partial charge is 0.387 e. The fourth-order valence-electron chi connectivity index (χ4n) is 3.34. The van der Waals surface area contributed by atoms with Crippen LogP contribution in [0.5, 0.6) is 0 Å². The molecular formula is C16H26O2. The molecule has 0 aromatic rings. The third kappa shape index (κ3) is 2.70. The van der Waals surface area contributed by atoms with Crippen molar-refractivity contribution in [2.45, 2.75) is 76.4 Å². The Labute approximate surface area is 110 Å². The zero-order valence-corrected chi connectivity index (χ0v) is 11.7. The summed E-state index contributed by atoms with van der Waals surface area (Å²) in [7, 11) is 0. The zero-order valence-electron chi connectivity index (χ0n) is 11.7. The van der Waals surface area contributed by atoms with Gasteiger partial charge >= 0.3 is 0 Å². The molecule has 2 nitrogen and oxygen atoms in total. The Morgan fingerprint density at radius 3 is 2.56 bits per heavy atom. The van der Waals surface area contributed by atoms with Gasteiger partial charge in [0, 0.05) is 0 Å². The van der Waals surface area contributed by atoms with Gasteiger partial charge in [-0.05, 0) is 52.4 Å². The Bertz CT molecular complexity index is 365.